The van der Waals surface area contributed by atoms with Crippen molar-refractivity contribution in [2.45, 2.75) is 47.5 Å². The Morgan fingerprint density at radius 3 is 1.36 bits per heavy atom. The van der Waals surface area contributed by atoms with E-state index in [1.165, 1.54) is 12.8 Å². The van der Waals surface area contributed by atoms with Gasteiger partial charge in [0.2, 0.25) is 0 Å². The van der Waals surface area contributed by atoms with Gasteiger partial charge >= 0.3 is 0 Å². The summed E-state index contributed by atoms with van der Waals surface area (Å²) in [6, 6.07) is 0. The van der Waals surface area contributed by atoms with E-state index in [9.17, 15) is 0 Å². The van der Waals surface area contributed by atoms with E-state index >= 15 is 0 Å². The van der Waals surface area contributed by atoms with Crippen molar-refractivity contribution in [1.82, 2.24) is 0 Å². The Hall–Kier alpha value is 0. The zero-order chi connectivity index (χ0) is 8.65. The predicted octanol–water partition coefficient (Wildman–Crippen LogP) is 3.71. The second-order valence-corrected chi connectivity index (χ2v) is 5.04. The summed E-state index contributed by atoms with van der Waals surface area (Å²) < 4.78 is 0. The second kappa shape index (κ2) is 2.80. The molecule has 0 N–H and O–H groups in total. The van der Waals surface area contributed by atoms with Crippen LogP contribution in [-0.2, 0) is 0 Å². The van der Waals surface area contributed by atoms with Crippen LogP contribution < -0.4 is 0 Å². The Morgan fingerprint density at radius 1 is 0.909 bits per heavy atom. The summed E-state index contributed by atoms with van der Waals surface area (Å²) in [6.07, 6.45) is 2.78. The molecule has 0 aromatic carbocycles. The third-order valence-electron chi connectivity index (χ3n) is 3.27. The molecule has 0 amide bonds. The topological polar surface area (TPSA) is 0 Å². The van der Waals surface area contributed by atoms with Gasteiger partial charge in [-0.25, -0.2) is 0 Å². The summed E-state index contributed by atoms with van der Waals surface area (Å²) in [4.78, 5) is 0. The molecular weight excluding hydrogens is 132 g/mol. The lowest BCUT2D eigenvalue weighted by molar-refractivity contribution is 0.314. The Bertz CT molecular complexity index is 119. The van der Waals surface area contributed by atoms with Crippen LogP contribution in [0, 0.1) is 23.2 Å². The van der Waals surface area contributed by atoms with Crippen molar-refractivity contribution in [1.29, 1.82) is 0 Å². The van der Waals surface area contributed by atoms with Gasteiger partial charge in [0.05, 0.1) is 0 Å². The largest absolute Gasteiger partial charge is 0.0651 e. The monoisotopic (exact) mass is 154 g/mol. The van der Waals surface area contributed by atoms with E-state index in [4.69, 9.17) is 0 Å². The van der Waals surface area contributed by atoms with Crippen molar-refractivity contribution >= 4 is 0 Å². The highest BCUT2D eigenvalue weighted by Crippen LogP contribution is 2.59. The maximum absolute atomic E-state index is 2.38. The van der Waals surface area contributed by atoms with Gasteiger partial charge in [0.1, 0.15) is 0 Å². The zero-order valence-corrected chi connectivity index (χ0v) is 8.65. The van der Waals surface area contributed by atoms with Gasteiger partial charge in [0.25, 0.3) is 0 Å². The van der Waals surface area contributed by atoms with Gasteiger partial charge < -0.3 is 0 Å². The maximum atomic E-state index is 2.38. The molecule has 2 unspecified atom stereocenters. The predicted molar refractivity (Wildman–Crippen MR) is 50.5 cm³/mol. The fourth-order valence-corrected chi connectivity index (χ4v) is 2.84. The van der Waals surface area contributed by atoms with Crippen LogP contribution in [0.4, 0.5) is 0 Å². The quantitative estimate of drug-likeness (QED) is 0.568. The van der Waals surface area contributed by atoms with Crippen molar-refractivity contribution < 1.29 is 0 Å². The molecule has 1 aliphatic carbocycles. The maximum Gasteiger partial charge on any atom is -0.0303 e. The summed E-state index contributed by atoms with van der Waals surface area (Å²) in [5.74, 6) is 3.09. The molecule has 1 saturated carbocycles. The fourth-order valence-electron chi connectivity index (χ4n) is 2.84. The number of hydrogen-bond acceptors (Lipinski definition) is 0. The molecule has 0 spiro atoms. The first kappa shape index (κ1) is 9.09. The summed E-state index contributed by atoms with van der Waals surface area (Å²) in [7, 11) is 0. The van der Waals surface area contributed by atoms with Gasteiger partial charge in [0.15, 0.2) is 0 Å². The molecule has 0 aromatic heterocycles. The SMILES string of the molecule is CCC1C(CC)C1C(C)(C)C. The Kier molecular flexibility index (Phi) is 2.32. The molecule has 1 rings (SSSR count). The first-order chi connectivity index (χ1) is 5.02. The van der Waals surface area contributed by atoms with Gasteiger partial charge in [-0.3, -0.25) is 0 Å². The lowest BCUT2D eigenvalue weighted by atomic mass is 9.87. The lowest BCUT2D eigenvalue weighted by Crippen LogP contribution is -2.10. The van der Waals surface area contributed by atoms with Crippen molar-refractivity contribution in [3.05, 3.63) is 0 Å². The highest BCUT2D eigenvalue weighted by molar-refractivity contribution is 5.00. The minimum absolute atomic E-state index is 0.557. The standard InChI is InChI=1S/C11H22/c1-6-8-9(7-2)10(8)11(3,4)5/h8-10H,6-7H2,1-5H3. The van der Waals surface area contributed by atoms with Crippen molar-refractivity contribution in [3.8, 4) is 0 Å². The molecule has 66 valence electrons. The molecule has 0 bridgehead atoms. The van der Waals surface area contributed by atoms with Crippen molar-refractivity contribution in [2.75, 3.05) is 0 Å². The van der Waals surface area contributed by atoms with Crippen LogP contribution in [0.25, 0.3) is 0 Å². The van der Waals surface area contributed by atoms with E-state index in [1.54, 1.807) is 0 Å². The Balaban J connectivity index is 2.51. The Labute approximate surface area is 71.4 Å². The van der Waals surface area contributed by atoms with E-state index in [-0.39, 0.29) is 0 Å². The molecule has 1 fully saturated rings. The summed E-state index contributed by atoms with van der Waals surface area (Å²) in [6.45, 7) is 11.8. The molecular formula is C11H22. The molecule has 0 nitrogen and oxygen atoms in total. The Morgan fingerprint density at radius 2 is 1.27 bits per heavy atom. The number of rotatable bonds is 2. The molecule has 0 heterocycles. The minimum Gasteiger partial charge on any atom is -0.0651 e. The molecule has 2 atom stereocenters. The van der Waals surface area contributed by atoms with Crippen LogP contribution in [0.3, 0.4) is 0 Å². The summed E-state index contributed by atoms with van der Waals surface area (Å²) >= 11 is 0. The van der Waals surface area contributed by atoms with Gasteiger partial charge in [0, 0.05) is 0 Å². The van der Waals surface area contributed by atoms with Crippen LogP contribution in [0.15, 0.2) is 0 Å². The minimum atomic E-state index is 0.557. The molecule has 0 saturated heterocycles. The van der Waals surface area contributed by atoms with Crippen molar-refractivity contribution in [3.63, 3.8) is 0 Å². The second-order valence-electron chi connectivity index (χ2n) is 5.04. The van der Waals surface area contributed by atoms with Crippen LogP contribution in [0.5, 0.6) is 0 Å². The molecule has 0 heteroatoms. The first-order valence-electron chi connectivity index (χ1n) is 5.02. The zero-order valence-electron chi connectivity index (χ0n) is 8.65. The third-order valence-corrected chi connectivity index (χ3v) is 3.27. The van der Waals surface area contributed by atoms with E-state index in [1.807, 2.05) is 0 Å². The van der Waals surface area contributed by atoms with E-state index < -0.39 is 0 Å². The fraction of sp³-hybridized carbons (Fsp3) is 1.00. The van der Waals surface area contributed by atoms with E-state index in [0.717, 1.165) is 17.8 Å². The molecule has 0 aliphatic heterocycles. The molecule has 11 heavy (non-hydrogen) atoms. The lowest BCUT2D eigenvalue weighted by Gasteiger charge is -2.18. The van der Waals surface area contributed by atoms with Gasteiger partial charge in [-0.2, -0.15) is 0 Å². The van der Waals surface area contributed by atoms with Crippen LogP contribution in [-0.4, -0.2) is 0 Å². The normalized spacial score (nSPS) is 37.4. The highest BCUT2D eigenvalue weighted by Gasteiger charge is 2.52. The van der Waals surface area contributed by atoms with Crippen LogP contribution >= 0.6 is 0 Å². The van der Waals surface area contributed by atoms with Crippen LogP contribution in [0.2, 0.25) is 0 Å². The van der Waals surface area contributed by atoms with Gasteiger partial charge in [-0.05, 0) is 23.2 Å². The summed E-state index contributed by atoms with van der Waals surface area (Å²) in [5, 5.41) is 0. The van der Waals surface area contributed by atoms with Crippen LogP contribution in [0.1, 0.15) is 47.5 Å². The van der Waals surface area contributed by atoms with E-state index in [0.29, 0.717) is 5.41 Å². The summed E-state index contributed by atoms with van der Waals surface area (Å²) in [5.41, 5.74) is 0.557. The average Bonchev–Trinajstić information content (AvgIpc) is 2.58. The first-order valence-corrected chi connectivity index (χ1v) is 5.02. The molecule has 0 aromatic rings. The smallest absolute Gasteiger partial charge is 0.0303 e. The average molecular weight is 154 g/mol. The molecule has 1 aliphatic rings. The van der Waals surface area contributed by atoms with E-state index in [2.05, 4.69) is 34.6 Å². The number of hydrogen-bond donors (Lipinski definition) is 0. The van der Waals surface area contributed by atoms with Crippen molar-refractivity contribution in [2.24, 2.45) is 23.2 Å². The van der Waals surface area contributed by atoms with Gasteiger partial charge in [-0.1, -0.05) is 47.5 Å². The van der Waals surface area contributed by atoms with Gasteiger partial charge in [-0.15, -0.1) is 0 Å². The molecule has 0 radical (unpaired) electrons. The third kappa shape index (κ3) is 1.60. The highest BCUT2D eigenvalue weighted by atomic mass is 14.6.